The summed E-state index contributed by atoms with van der Waals surface area (Å²) in [6.45, 7) is 4.11. The molecule has 0 aromatic heterocycles. The van der Waals surface area contributed by atoms with Gasteiger partial charge in [-0.1, -0.05) is 24.8 Å². The van der Waals surface area contributed by atoms with Gasteiger partial charge in [-0.2, -0.15) is 0 Å². The van der Waals surface area contributed by atoms with Gasteiger partial charge in [0.25, 0.3) is 0 Å². The molecule has 0 unspecified atom stereocenters. The molecule has 0 aliphatic rings. The fraction of sp³-hybridized carbons (Fsp3) is 0.308. The predicted octanol–water partition coefficient (Wildman–Crippen LogP) is 1.65. The first-order valence-corrected chi connectivity index (χ1v) is 5.26. The van der Waals surface area contributed by atoms with Gasteiger partial charge in [0.2, 0.25) is 5.91 Å². The molecule has 0 spiro atoms. The minimum absolute atomic E-state index is 0.0142. The first-order chi connectivity index (χ1) is 7.67. The Balaban J connectivity index is 3.02. The molecular formula is C13H16N2O. The van der Waals surface area contributed by atoms with E-state index in [-0.39, 0.29) is 5.91 Å². The van der Waals surface area contributed by atoms with Crippen molar-refractivity contribution in [2.24, 2.45) is 5.73 Å². The number of aryl methyl sites for hydroxylation is 1. The SMILES string of the molecule is CCC(=O)Nc1ccc(C)cc1C#CCN. The number of hydrogen-bond donors (Lipinski definition) is 2. The molecule has 0 saturated heterocycles. The topological polar surface area (TPSA) is 55.1 Å². The van der Waals surface area contributed by atoms with E-state index in [1.165, 1.54) is 0 Å². The van der Waals surface area contributed by atoms with Crippen LogP contribution < -0.4 is 11.1 Å². The van der Waals surface area contributed by atoms with Crippen molar-refractivity contribution in [1.82, 2.24) is 0 Å². The maximum Gasteiger partial charge on any atom is 0.224 e. The number of hydrogen-bond acceptors (Lipinski definition) is 2. The van der Waals surface area contributed by atoms with Crippen molar-refractivity contribution >= 4 is 11.6 Å². The average molecular weight is 216 g/mol. The third-order valence-corrected chi connectivity index (χ3v) is 2.10. The van der Waals surface area contributed by atoms with Crippen molar-refractivity contribution in [2.75, 3.05) is 11.9 Å². The van der Waals surface area contributed by atoms with E-state index in [0.29, 0.717) is 13.0 Å². The van der Waals surface area contributed by atoms with E-state index in [2.05, 4.69) is 17.2 Å². The summed E-state index contributed by atoms with van der Waals surface area (Å²) >= 11 is 0. The quantitative estimate of drug-likeness (QED) is 0.739. The van der Waals surface area contributed by atoms with Gasteiger partial charge in [0.15, 0.2) is 0 Å². The minimum atomic E-state index is -0.0142. The molecule has 0 heterocycles. The highest BCUT2D eigenvalue weighted by atomic mass is 16.1. The third-order valence-electron chi connectivity index (χ3n) is 2.10. The summed E-state index contributed by atoms with van der Waals surface area (Å²) in [4.78, 5) is 11.3. The molecule has 0 radical (unpaired) electrons. The van der Waals surface area contributed by atoms with Gasteiger partial charge in [-0.15, -0.1) is 0 Å². The van der Waals surface area contributed by atoms with Crippen LogP contribution in [0.1, 0.15) is 24.5 Å². The Morgan fingerprint density at radius 2 is 2.25 bits per heavy atom. The van der Waals surface area contributed by atoms with Crippen molar-refractivity contribution < 1.29 is 4.79 Å². The molecule has 1 rings (SSSR count). The lowest BCUT2D eigenvalue weighted by atomic mass is 10.1. The zero-order valence-electron chi connectivity index (χ0n) is 9.63. The molecule has 0 saturated carbocycles. The summed E-state index contributed by atoms with van der Waals surface area (Å²) in [5.74, 6) is 5.73. The van der Waals surface area contributed by atoms with E-state index in [1.807, 2.05) is 32.0 Å². The number of rotatable bonds is 2. The van der Waals surface area contributed by atoms with Crippen molar-refractivity contribution in [3.05, 3.63) is 29.3 Å². The average Bonchev–Trinajstić information content (AvgIpc) is 2.29. The number of nitrogens with one attached hydrogen (secondary N) is 1. The van der Waals surface area contributed by atoms with Gasteiger partial charge in [0.05, 0.1) is 12.2 Å². The monoisotopic (exact) mass is 216 g/mol. The van der Waals surface area contributed by atoms with E-state index in [1.54, 1.807) is 0 Å². The first kappa shape index (κ1) is 12.3. The van der Waals surface area contributed by atoms with E-state index >= 15 is 0 Å². The Bertz CT molecular complexity index is 441. The lowest BCUT2D eigenvalue weighted by molar-refractivity contribution is -0.115. The molecule has 3 nitrogen and oxygen atoms in total. The van der Waals surface area contributed by atoms with Gasteiger partial charge in [0, 0.05) is 12.0 Å². The van der Waals surface area contributed by atoms with Crippen LogP contribution in [0.25, 0.3) is 0 Å². The van der Waals surface area contributed by atoms with Crippen LogP contribution in [0.3, 0.4) is 0 Å². The molecule has 16 heavy (non-hydrogen) atoms. The van der Waals surface area contributed by atoms with Crippen molar-refractivity contribution in [2.45, 2.75) is 20.3 Å². The first-order valence-electron chi connectivity index (χ1n) is 5.26. The summed E-state index contributed by atoms with van der Waals surface area (Å²) < 4.78 is 0. The Hall–Kier alpha value is -1.79. The zero-order valence-corrected chi connectivity index (χ0v) is 9.63. The third kappa shape index (κ3) is 3.41. The fourth-order valence-corrected chi connectivity index (χ4v) is 1.26. The smallest absolute Gasteiger partial charge is 0.224 e. The second-order valence-corrected chi connectivity index (χ2v) is 3.46. The maximum atomic E-state index is 11.3. The lowest BCUT2D eigenvalue weighted by Crippen LogP contribution is -2.10. The normalized spacial score (nSPS) is 9.19. The van der Waals surface area contributed by atoms with Gasteiger partial charge in [0.1, 0.15) is 0 Å². The van der Waals surface area contributed by atoms with E-state index < -0.39 is 0 Å². The largest absolute Gasteiger partial charge is 0.325 e. The molecule has 0 aliphatic heterocycles. The predicted molar refractivity (Wildman–Crippen MR) is 66.0 cm³/mol. The maximum absolute atomic E-state index is 11.3. The second-order valence-electron chi connectivity index (χ2n) is 3.46. The van der Waals surface area contributed by atoms with Crippen LogP contribution in [-0.2, 0) is 4.79 Å². The molecule has 0 atom stereocenters. The minimum Gasteiger partial charge on any atom is -0.325 e. The number of nitrogens with two attached hydrogens (primary N) is 1. The molecule has 84 valence electrons. The van der Waals surface area contributed by atoms with Crippen LogP contribution in [0.4, 0.5) is 5.69 Å². The van der Waals surface area contributed by atoms with Crippen LogP contribution in [0.2, 0.25) is 0 Å². The van der Waals surface area contributed by atoms with Crippen molar-refractivity contribution in [3.8, 4) is 11.8 Å². The summed E-state index contributed by atoms with van der Waals surface area (Å²) in [5, 5.41) is 2.81. The van der Waals surface area contributed by atoms with E-state index in [4.69, 9.17) is 5.73 Å². The van der Waals surface area contributed by atoms with Gasteiger partial charge >= 0.3 is 0 Å². The number of carbonyl (C=O) groups excluding carboxylic acids is 1. The summed E-state index contributed by atoms with van der Waals surface area (Å²) in [5.41, 5.74) is 8.00. The molecule has 0 fully saturated rings. The van der Waals surface area contributed by atoms with E-state index in [0.717, 1.165) is 16.8 Å². The standard InChI is InChI=1S/C13H16N2O/c1-3-13(16)15-12-7-6-10(2)9-11(12)5-4-8-14/h6-7,9H,3,8,14H2,1-2H3,(H,15,16). The van der Waals surface area contributed by atoms with Gasteiger partial charge in [-0.25, -0.2) is 0 Å². The van der Waals surface area contributed by atoms with Crippen LogP contribution in [-0.4, -0.2) is 12.5 Å². The molecule has 3 heteroatoms. The Morgan fingerprint density at radius 3 is 2.88 bits per heavy atom. The van der Waals surface area contributed by atoms with Crippen LogP contribution in [0.15, 0.2) is 18.2 Å². The molecule has 1 aromatic carbocycles. The molecular weight excluding hydrogens is 200 g/mol. The Morgan fingerprint density at radius 1 is 1.50 bits per heavy atom. The Kier molecular flexibility index (Phi) is 4.56. The van der Waals surface area contributed by atoms with Crippen LogP contribution >= 0.6 is 0 Å². The number of benzene rings is 1. The second kappa shape index (κ2) is 5.94. The number of amides is 1. The summed E-state index contributed by atoms with van der Waals surface area (Å²) in [6, 6.07) is 5.75. The summed E-state index contributed by atoms with van der Waals surface area (Å²) in [6.07, 6.45) is 0.456. The molecule has 1 amide bonds. The Labute approximate surface area is 96.0 Å². The highest BCUT2D eigenvalue weighted by Gasteiger charge is 2.03. The van der Waals surface area contributed by atoms with Gasteiger partial charge in [-0.3, -0.25) is 4.79 Å². The van der Waals surface area contributed by atoms with Gasteiger partial charge in [-0.05, 0) is 24.6 Å². The van der Waals surface area contributed by atoms with Crippen LogP contribution in [0, 0.1) is 18.8 Å². The number of anilines is 1. The molecule has 3 N–H and O–H groups in total. The van der Waals surface area contributed by atoms with Crippen molar-refractivity contribution in [3.63, 3.8) is 0 Å². The van der Waals surface area contributed by atoms with Crippen LogP contribution in [0.5, 0.6) is 0 Å². The molecule has 1 aromatic rings. The van der Waals surface area contributed by atoms with Gasteiger partial charge < -0.3 is 11.1 Å². The lowest BCUT2D eigenvalue weighted by Gasteiger charge is -2.07. The molecule has 0 bridgehead atoms. The fourth-order valence-electron chi connectivity index (χ4n) is 1.26. The highest BCUT2D eigenvalue weighted by molar-refractivity contribution is 5.92. The molecule has 0 aliphatic carbocycles. The number of carbonyl (C=O) groups is 1. The highest BCUT2D eigenvalue weighted by Crippen LogP contribution is 2.16. The van der Waals surface area contributed by atoms with E-state index in [9.17, 15) is 4.79 Å². The van der Waals surface area contributed by atoms with Crippen molar-refractivity contribution in [1.29, 1.82) is 0 Å². The summed E-state index contributed by atoms with van der Waals surface area (Å²) in [7, 11) is 0. The zero-order chi connectivity index (χ0) is 12.0.